The first kappa shape index (κ1) is 23.6. The number of methoxy groups -OCH3 is 2. The Bertz CT molecular complexity index is 843. The number of nitrogens with zero attached hydrogens (tertiary/aromatic N) is 2. The fourth-order valence-corrected chi connectivity index (χ4v) is 4.79. The second-order valence-corrected chi connectivity index (χ2v) is 8.28. The fraction of sp³-hybridized carbons (Fsp3) is 0.522. The molecule has 3 atom stereocenters. The minimum absolute atomic E-state index is 0.00167. The van der Waals surface area contributed by atoms with Gasteiger partial charge >= 0.3 is 11.9 Å². The largest absolute Gasteiger partial charge is 0.496 e. The van der Waals surface area contributed by atoms with Crippen LogP contribution in [0.5, 0.6) is 11.5 Å². The van der Waals surface area contributed by atoms with Gasteiger partial charge in [0.2, 0.25) is 0 Å². The molecule has 1 aliphatic heterocycles. The van der Waals surface area contributed by atoms with Gasteiger partial charge in [0.15, 0.2) is 0 Å². The number of carboxylic acid groups (broad SMARTS) is 2. The number of carbonyl (C=O) groups excluding carboxylic acids is 1. The fourth-order valence-electron chi connectivity index (χ4n) is 4.79. The molecule has 32 heavy (non-hydrogen) atoms. The number of aliphatic carboxylic acids is 2. The van der Waals surface area contributed by atoms with Crippen LogP contribution in [0.25, 0.3) is 0 Å². The first-order chi connectivity index (χ1) is 15.3. The Morgan fingerprint density at radius 1 is 0.938 bits per heavy atom. The predicted octanol–water partition coefficient (Wildman–Crippen LogP) is 1.83. The number of allylic oxidation sites excluding steroid dienone is 2. The third-order valence-corrected chi connectivity index (χ3v) is 6.39. The molecular formula is C23H30N2O7. The van der Waals surface area contributed by atoms with Gasteiger partial charge in [0.25, 0.3) is 5.91 Å². The average molecular weight is 447 g/mol. The van der Waals surface area contributed by atoms with Gasteiger partial charge in [-0.2, -0.15) is 0 Å². The number of hydrogen-bond donors (Lipinski definition) is 2. The third kappa shape index (κ3) is 5.40. The van der Waals surface area contributed by atoms with Crippen LogP contribution >= 0.6 is 0 Å². The van der Waals surface area contributed by atoms with Gasteiger partial charge in [0.05, 0.1) is 14.2 Å². The first-order valence-electron chi connectivity index (χ1n) is 10.7. The van der Waals surface area contributed by atoms with Crippen LogP contribution in [0.4, 0.5) is 0 Å². The highest BCUT2D eigenvalue weighted by Gasteiger charge is 2.37. The second kappa shape index (κ2) is 10.5. The molecule has 0 radical (unpaired) electrons. The molecule has 0 spiro atoms. The summed E-state index contributed by atoms with van der Waals surface area (Å²) >= 11 is 0. The lowest BCUT2D eigenvalue weighted by Gasteiger charge is -2.37. The quantitative estimate of drug-likeness (QED) is 0.520. The SMILES string of the molecule is COc1cccc(OC)c1C(=O)N1CCN(CC2CC3C=CC2C3)CC1.O=C(O)C(=O)O. The van der Waals surface area contributed by atoms with E-state index in [-0.39, 0.29) is 5.91 Å². The van der Waals surface area contributed by atoms with E-state index in [0.29, 0.717) is 17.1 Å². The van der Waals surface area contributed by atoms with Gasteiger partial charge in [0, 0.05) is 32.7 Å². The smallest absolute Gasteiger partial charge is 0.414 e. The normalized spacial score (nSPS) is 23.9. The number of fused-ring (bicyclic) bond motifs is 2. The Kier molecular flexibility index (Phi) is 7.74. The number of rotatable bonds is 5. The van der Waals surface area contributed by atoms with Crippen LogP contribution in [-0.4, -0.2) is 84.8 Å². The van der Waals surface area contributed by atoms with Gasteiger partial charge < -0.3 is 24.6 Å². The van der Waals surface area contributed by atoms with Crippen molar-refractivity contribution >= 4 is 17.8 Å². The molecule has 9 heteroatoms. The lowest BCUT2D eigenvalue weighted by Crippen LogP contribution is -2.50. The third-order valence-electron chi connectivity index (χ3n) is 6.39. The number of hydrogen-bond acceptors (Lipinski definition) is 6. The predicted molar refractivity (Wildman–Crippen MR) is 116 cm³/mol. The summed E-state index contributed by atoms with van der Waals surface area (Å²) in [5.41, 5.74) is 0.532. The second-order valence-electron chi connectivity index (χ2n) is 8.28. The minimum Gasteiger partial charge on any atom is -0.496 e. The van der Waals surface area contributed by atoms with Gasteiger partial charge in [0.1, 0.15) is 17.1 Å². The topological polar surface area (TPSA) is 117 Å². The van der Waals surface area contributed by atoms with Crippen molar-refractivity contribution in [3.8, 4) is 11.5 Å². The molecule has 2 bridgehead atoms. The lowest BCUT2D eigenvalue weighted by atomic mass is 9.93. The van der Waals surface area contributed by atoms with E-state index < -0.39 is 11.9 Å². The molecule has 1 aromatic carbocycles. The van der Waals surface area contributed by atoms with E-state index in [9.17, 15) is 4.79 Å². The molecule has 3 aliphatic rings. The minimum atomic E-state index is -1.82. The van der Waals surface area contributed by atoms with Gasteiger partial charge in [-0.25, -0.2) is 9.59 Å². The Morgan fingerprint density at radius 2 is 1.53 bits per heavy atom. The number of amides is 1. The molecule has 2 N–H and O–H groups in total. The highest BCUT2D eigenvalue weighted by Crippen LogP contribution is 2.43. The molecule has 1 amide bonds. The van der Waals surface area contributed by atoms with Crippen LogP contribution in [0.3, 0.4) is 0 Å². The van der Waals surface area contributed by atoms with Crippen LogP contribution in [0.15, 0.2) is 30.4 Å². The molecule has 9 nitrogen and oxygen atoms in total. The zero-order valence-electron chi connectivity index (χ0n) is 18.4. The number of carboxylic acids is 2. The maximum atomic E-state index is 13.1. The molecule has 0 aromatic heterocycles. The molecule has 1 aromatic rings. The summed E-state index contributed by atoms with van der Waals surface area (Å²) in [5.74, 6) is -0.0761. The van der Waals surface area contributed by atoms with Crippen LogP contribution in [0, 0.1) is 17.8 Å². The van der Waals surface area contributed by atoms with Gasteiger partial charge in [-0.3, -0.25) is 9.69 Å². The number of piperazine rings is 1. The number of ether oxygens (including phenoxy) is 2. The van der Waals surface area contributed by atoms with Crippen LogP contribution in [-0.2, 0) is 9.59 Å². The summed E-state index contributed by atoms with van der Waals surface area (Å²) in [6, 6.07) is 5.47. The van der Waals surface area contributed by atoms with Crippen molar-refractivity contribution in [3.63, 3.8) is 0 Å². The monoisotopic (exact) mass is 446 g/mol. The zero-order chi connectivity index (χ0) is 23.3. The van der Waals surface area contributed by atoms with Gasteiger partial charge in [-0.1, -0.05) is 18.2 Å². The molecule has 2 fully saturated rings. The van der Waals surface area contributed by atoms with E-state index in [1.165, 1.54) is 19.4 Å². The number of carbonyl (C=O) groups is 3. The van der Waals surface area contributed by atoms with Crippen molar-refractivity contribution < 1.29 is 34.1 Å². The van der Waals surface area contributed by atoms with Crippen LogP contribution < -0.4 is 9.47 Å². The Labute approximate surface area is 187 Å². The van der Waals surface area contributed by atoms with Crippen molar-refractivity contribution in [2.75, 3.05) is 46.9 Å². The molecule has 1 saturated heterocycles. The van der Waals surface area contributed by atoms with Crippen molar-refractivity contribution in [3.05, 3.63) is 35.9 Å². The summed E-state index contributed by atoms with van der Waals surface area (Å²) in [6.07, 6.45) is 7.53. The summed E-state index contributed by atoms with van der Waals surface area (Å²) in [6.45, 7) is 4.58. The van der Waals surface area contributed by atoms with Crippen LogP contribution in [0.2, 0.25) is 0 Å². The molecule has 4 rings (SSSR count). The van der Waals surface area contributed by atoms with Crippen LogP contribution in [0.1, 0.15) is 23.2 Å². The standard InChI is InChI=1S/C21H28N2O3.C2H2O4/c1-25-18-4-3-5-19(26-2)20(18)21(24)23-10-8-22(9-11-23)14-17-13-15-6-7-16(17)12-15;3-1(4)2(5)6/h3-7,15-17H,8-14H2,1-2H3;(H,3,4)(H,5,6). The van der Waals surface area contributed by atoms with E-state index in [0.717, 1.165) is 43.9 Å². The van der Waals surface area contributed by atoms with Gasteiger partial charge in [-0.05, 0) is 42.7 Å². The number of benzene rings is 1. The van der Waals surface area contributed by atoms with E-state index in [1.807, 2.05) is 23.1 Å². The maximum absolute atomic E-state index is 13.1. The van der Waals surface area contributed by atoms with Crippen molar-refractivity contribution in [1.29, 1.82) is 0 Å². The maximum Gasteiger partial charge on any atom is 0.414 e. The zero-order valence-corrected chi connectivity index (χ0v) is 18.4. The van der Waals surface area contributed by atoms with Crippen molar-refractivity contribution in [1.82, 2.24) is 9.80 Å². The van der Waals surface area contributed by atoms with E-state index in [4.69, 9.17) is 29.3 Å². The summed E-state index contributed by atoms with van der Waals surface area (Å²) in [7, 11) is 3.18. The highest BCUT2D eigenvalue weighted by molar-refractivity contribution is 6.27. The molecular weight excluding hydrogens is 416 g/mol. The average Bonchev–Trinajstić information content (AvgIpc) is 3.42. The summed E-state index contributed by atoms with van der Waals surface area (Å²) < 4.78 is 10.8. The highest BCUT2D eigenvalue weighted by atomic mass is 16.5. The van der Waals surface area contributed by atoms with Crippen molar-refractivity contribution in [2.45, 2.75) is 12.8 Å². The molecule has 3 unspecified atom stereocenters. The van der Waals surface area contributed by atoms with Gasteiger partial charge in [-0.15, -0.1) is 0 Å². The Balaban J connectivity index is 0.000000427. The molecule has 174 valence electrons. The molecule has 2 aliphatic carbocycles. The first-order valence-corrected chi connectivity index (χ1v) is 10.7. The Hall–Kier alpha value is -3.07. The molecule has 1 saturated carbocycles. The van der Waals surface area contributed by atoms with E-state index >= 15 is 0 Å². The molecule has 1 heterocycles. The van der Waals surface area contributed by atoms with E-state index in [2.05, 4.69) is 17.1 Å². The van der Waals surface area contributed by atoms with E-state index in [1.54, 1.807) is 14.2 Å². The van der Waals surface area contributed by atoms with Crippen molar-refractivity contribution in [2.24, 2.45) is 17.8 Å². The lowest BCUT2D eigenvalue weighted by molar-refractivity contribution is -0.159. The Morgan fingerprint density at radius 3 is 1.97 bits per heavy atom. The summed E-state index contributed by atoms with van der Waals surface area (Å²) in [4.78, 5) is 35.7. The summed E-state index contributed by atoms with van der Waals surface area (Å²) in [5, 5.41) is 14.8.